The summed E-state index contributed by atoms with van der Waals surface area (Å²) >= 11 is 0. The third kappa shape index (κ3) is 6.52. The molecule has 0 aromatic carbocycles. The number of rotatable bonds is 7. The summed E-state index contributed by atoms with van der Waals surface area (Å²) in [6.45, 7) is 6.51. The molecular formula is C19H21F6N5O2. The molecule has 0 aliphatic carbocycles. The van der Waals surface area contributed by atoms with Gasteiger partial charge in [-0.25, -0.2) is 9.97 Å². The molecule has 0 unspecified atom stereocenters. The molecule has 0 amide bonds. The van der Waals surface area contributed by atoms with Gasteiger partial charge in [0.15, 0.2) is 11.6 Å². The summed E-state index contributed by atoms with van der Waals surface area (Å²) in [6, 6.07) is 0.937. The quantitative estimate of drug-likeness (QED) is 0.628. The number of imidazole rings is 1. The molecule has 32 heavy (non-hydrogen) atoms. The van der Waals surface area contributed by atoms with Crippen molar-refractivity contribution in [1.29, 1.82) is 0 Å². The molecule has 0 bridgehead atoms. The van der Waals surface area contributed by atoms with Crippen LogP contribution < -0.4 is 10.5 Å². The number of hydrogen-bond acceptors (Lipinski definition) is 6. The Morgan fingerprint density at radius 2 is 1.88 bits per heavy atom. The third-order valence-electron chi connectivity index (χ3n) is 4.72. The van der Waals surface area contributed by atoms with E-state index in [9.17, 15) is 26.3 Å². The number of nitrogens with zero attached hydrogens (tertiary/aromatic N) is 4. The molecule has 0 saturated carbocycles. The van der Waals surface area contributed by atoms with Crippen molar-refractivity contribution in [3.8, 4) is 17.0 Å². The molecule has 2 N–H and O–H groups in total. The fourth-order valence-corrected chi connectivity index (χ4v) is 3.20. The summed E-state index contributed by atoms with van der Waals surface area (Å²) in [5, 5.41) is 0. The molecule has 0 radical (unpaired) electrons. The molecule has 3 rings (SSSR count). The molecule has 0 atom stereocenters. The van der Waals surface area contributed by atoms with E-state index in [1.54, 1.807) is 0 Å². The Labute approximate surface area is 179 Å². The number of pyridine rings is 1. The van der Waals surface area contributed by atoms with Crippen LogP contribution in [0.1, 0.15) is 12.2 Å². The van der Waals surface area contributed by atoms with E-state index in [1.165, 1.54) is 10.8 Å². The highest BCUT2D eigenvalue weighted by Gasteiger charge is 2.33. The van der Waals surface area contributed by atoms with E-state index in [0.29, 0.717) is 32.7 Å². The second-order valence-electron chi connectivity index (χ2n) is 7.10. The van der Waals surface area contributed by atoms with Crippen LogP contribution in [-0.4, -0.2) is 58.3 Å². The highest BCUT2D eigenvalue weighted by atomic mass is 19.4. The summed E-state index contributed by atoms with van der Waals surface area (Å²) < 4.78 is 87.3. The van der Waals surface area contributed by atoms with Gasteiger partial charge in [0.2, 0.25) is 0 Å². The SMILES string of the molecule is C=C(CCn1cc(-c2cnc(N)c(OC(F)(F)F)c2)nc1CC(F)(F)F)N1CCOCC1. The number of nitrogen functional groups attached to an aromatic ring is 1. The molecule has 176 valence electrons. The van der Waals surface area contributed by atoms with Crippen molar-refractivity contribution in [2.45, 2.75) is 31.9 Å². The number of ether oxygens (including phenoxy) is 2. The van der Waals surface area contributed by atoms with E-state index in [-0.39, 0.29) is 23.6 Å². The van der Waals surface area contributed by atoms with E-state index >= 15 is 0 Å². The molecular weight excluding hydrogens is 444 g/mol. The Hall–Kier alpha value is -2.96. The summed E-state index contributed by atoms with van der Waals surface area (Å²) in [4.78, 5) is 9.62. The average Bonchev–Trinajstić information content (AvgIpc) is 3.08. The third-order valence-corrected chi connectivity index (χ3v) is 4.72. The number of aryl methyl sites for hydroxylation is 1. The smallest absolute Gasteiger partial charge is 0.402 e. The summed E-state index contributed by atoms with van der Waals surface area (Å²) in [6.07, 6.45) is -8.01. The fourth-order valence-electron chi connectivity index (χ4n) is 3.20. The van der Waals surface area contributed by atoms with Crippen LogP contribution in [0, 0.1) is 0 Å². The average molecular weight is 465 g/mol. The molecule has 13 heteroatoms. The van der Waals surface area contributed by atoms with Gasteiger partial charge in [0.1, 0.15) is 12.2 Å². The number of halogens is 6. The number of hydrogen-bond donors (Lipinski definition) is 1. The number of nitrogens with two attached hydrogens (primary N) is 1. The molecule has 0 spiro atoms. The number of morpholine rings is 1. The summed E-state index contributed by atoms with van der Waals surface area (Å²) in [5.41, 5.74) is 6.21. The van der Waals surface area contributed by atoms with Crippen molar-refractivity contribution in [2.24, 2.45) is 0 Å². The Kier molecular flexibility index (Phi) is 6.86. The lowest BCUT2D eigenvalue weighted by Crippen LogP contribution is -2.35. The van der Waals surface area contributed by atoms with Gasteiger partial charge in [0.05, 0.1) is 18.9 Å². The number of aromatic nitrogens is 3. The van der Waals surface area contributed by atoms with Gasteiger partial charge in [-0.15, -0.1) is 13.2 Å². The van der Waals surface area contributed by atoms with Gasteiger partial charge in [-0.1, -0.05) is 6.58 Å². The highest BCUT2D eigenvalue weighted by molar-refractivity contribution is 5.63. The second-order valence-corrected chi connectivity index (χ2v) is 7.10. The van der Waals surface area contributed by atoms with E-state index in [1.807, 2.05) is 4.90 Å². The minimum Gasteiger partial charge on any atom is -0.402 e. The maximum absolute atomic E-state index is 13.1. The standard InChI is InChI=1S/C19H21F6N5O2/c1-12(29-4-6-31-7-5-29)2-3-30-11-14(28-16(30)9-18(20,21)22)13-8-15(17(26)27-10-13)32-19(23,24)25/h8,10-11H,1-7,9H2,(H2,26,27). The molecule has 1 saturated heterocycles. The highest BCUT2D eigenvalue weighted by Crippen LogP contribution is 2.32. The lowest BCUT2D eigenvalue weighted by Gasteiger charge is -2.30. The predicted octanol–water partition coefficient (Wildman–Crippen LogP) is 3.77. The van der Waals surface area contributed by atoms with E-state index in [0.717, 1.165) is 18.0 Å². The van der Waals surface area contributed by atoms with Crippen molar-refractivity contribution < 1.29 is 35.8 Å². The first kappa shape index (κ1) is 23.7. The molecule has 1 fully saturated rings. The summed E-state index contributed by atoms with van der Waals surface area (Å²) in [7, 11) is 0. The maximum Gasteiger partial charge on any atom is 0.573 e. The Morgan fingerprint density at radius 3 is 2.50 bits per heavy atom. The lowest BCUT2D eigenvalue weighted by molar-refractivity contribution is -0.274. The van der Waals surface area contributed by atoms with Gasteiger partial charge < -0.3 is 24.7 Å². The van der Waals surface area contributed by atoms with Crippen molar-refractivity contribution in [3.63, 3.8) is 0 Å². The van der Waals surface area contributed by atoms with Crippen molar-refractivity contribution in [2.75, 3.05) is 32.0 Å². The Balaban J connectivity index is 1.84. The zero-order valence-corrected chi connectivity index (χ0v) is 16.8. The van der Waals surface area contributed by atoms with Crippen LogP contribution in [0.15, 0.2) is 30.7 Å². The minimum atomic E-state index is -5.00. The van der Waals surface area contributed by atoms with Crippen molar-refractivity contribution in [3.05, 3.63) is 36.6 Å². The Morgan fingerprint density at radius 1 is 1.19 bits per heavy atom. The number of allylic oxidation sites excluding steroid dienone is 1. The van der Waals surface area contributed by atoms with Crippen LogP contribution in [0.25, 0.3) is 11.3 Å². The van der Waals surface area contributed by atoms with Gasteiger partial charge >= 0.3 is 12.5 Å². The topological polar surface area (TPSA) is 78.4 Å². The summed E-state index contributed by atoms with van der Waals surface area (Å²) in [5.74, 6) is -1.55. The number of alkyl halides is 6. The molecule has 2 aromatic heterocycles. The first-order valence-electron chi connectivity index (χ1n) is 9.56. The zero-order chi connectivity index (χ0) is 23.5. The van der Waals surface area contributed by atoms with Crippen LogP contribution in [0.2, 0.25) is 0 Å². The first-order valence-corrected chi connectivity index (χ1v) is 9.56. The van der Waals surface area contributed by atoms with Crippen LogP contribution in [0.5, 0.6) is 5.75 Å². The molecule has 3 heterocycles. The maximum atomic E-state index is 13.1. The monoisotopic (exact) mass is 465 g/mol. The Bertz CT molecular complexity index is 951. The molecule has 7 nitrogen and oxygen atoms in total. The molecule has 2 aromatic rings. The van der Waals surface area contributed by atoms with Crippen molar-refractivity contribution in [1.82, 2.24) is 19.4 Å². The van der Waals surface area contributed by atoms with Crippen LogP contribution in [0.4, 0.5) is 32.2 Å². The largest absolute Gasteiger partial charge is 0.573 e. The van der Waals surface area contributed by atoms with Gasteiger partial charge in [-0.3, -0.25) is 0 Å². The van der Waals surface area contributed by atoms with E-state index < -0.39 is 30.5 Å². The van der Waals surface area contributed by atoms with Gasteiger partial charge in [-0.05, 0) is 6.07 Å². The minimum absolute atomic E-state index is 0.0146. The van der Waals surface area contributed by atoms with Crippen LogP contribution in [-0.2, 0) is 17.7 Å². The molecule has 1 aliphatic heterocycles. The van der Waals surface area contributed by atoms with E-state index in [2.05, 4.69) is 21.3 Å². The zero-order valence-electron chi connectivity index (χ0n) is 16.8. The normalized spacial score (nSPS) is 15.1. The van der Waals surface area contributed by atoms with Crippen molar-refractivity contribution >= 4 is 5.82 Å². The van der Waals surface area contributed by atoms with Gasteiger partial charge in [0.25, 0.3) is 0 Å². The van der Waals surface area contributed by atoms with Gasteiger partial charge in [0, 0.05) is 49.7 Å². The predicted molar refractivity (Wildman–Crippen MR) is 102 cm³/mol. The lowest BCUT2D eigenvalue weighted by atomic mass is 10.2. The first-order chi connectivity index (χ1) is 14.9. The molecule has 1 aliphatic rings. The van der Waals surface area contributed by atoms with Crippen LogP contribution in [0.3, 0.4) is 0 Å². The van der Waals surface area contributed by atoms with E-state index in [4.69, 9.17) is 10.5 Å². The number of anilines is 1. The second kappa shape index (κ2) is 9.27. The fraction of sp³-hybridized carbons (Fsp3) is 0.474. The van der Waals surface area contributed by atoms with Gasteiger partial charge in [-0.2, -0.15) is 13.2 Å². The van der Waals surface area contributed by atoms with Crippen LogP contribution >= 0.6 is 0 Å².